The third-order valence-electron chi connectivity index (χ3n) is 2.99. The summed E-state index contributed by atoms with van der Waals surface area (Å²) in [4.78, 5) is 4.31. The molecule has 1 N–H and O–H groups in total. The lowest BCUT2D eigenvalue weighted by Gasteiger charge is -2.19. The molecule has 3 nitrogen and oxygen atoms in total. The van der Waals surface area contributed by atoms with Crippen molar-refractivity contribution in [1.82, 2.24) is 9.55 Å². The van der Waals surface area contributed by atoms with Gasteiger partial charge in [0.25, 0.3) is 0 Å². The van der Waals surface area contributed by atoms with Gasteiger partial charge in [0.2, 0.25) is 5.95 Å². The Balaban J connectivity index is 2.32. The van der Waals surface area contributed by atoms with Crippen molar-refractivity contribution in [3.63, 3.8) is 0 Å². The largest absolute Gasteiger partial charge is 0.356 e. The topological polar surface area (TPSA) is 29.9 Å². The first-order chi connectivity index (χ1) is 8.52. The van der Waals surface area contributed by atoms with Crippen LogP contribution < -0.4 is 5.32 Å². The van der Waals surface area contributed by atoms with Crippen molar-refractivity contribution in [1.29, 1.82) is 0 Å². The van der Waals surface area contributed by atoms with Gasteiger partial charge in [-0.1, -0.05) is 32.9 Å². The third-order valence-corrected chi connectivity index (χ3v) is 2.99. The fraction of sp³-hybridized carbons (Fsp3) is 0.400. The maximum absolute atomic E-state index is 4.31. The Bertz CT molecular complexity index is 503. The summed E-state index contributed by atoms with van der Waals surface area (Å²) in [5.41, 5.74) is 2.67. The highest BCUT2D eigenvalue weighted by molar-refractivity contribution is 5.43. The Labute approximate surface area is 109 Å². The van der Waals surface area contributed by atoms with Crippen molar-refractivity contribution in [2.75, 3.05) is 11.9 Å². The first-order valence-corrected chi connectivity index (χ1v) is 6.40. The molecule has 1 aromatic carbocycles. The Morgan fingerprint density at radius 3 is 2.39 bits per heavy atom. The van der Waals surface area contributed by atoms with E-state index in [-0.39, 0.29) is 5.41 Å². The van der Waals surface area contributed by atoms with Gasteiger partial charge in [-0.25, -0.2) is 4.98 Å². The van der Waals surface area contributed by atoms with Gasteiger partial charge >= 0.3 is 0 Å². The van der Waals surface area contributed by atoms with E-state index >= 15 is 0 Å². The van der Waals surface area contributed by atoms with E-state index < -0.39 is 0 Å². The van der Waals surface area contributed by atoms with Crippen LogP contribution >= 0.6 is 0 Å². The molecule has 0 bridgehead atoms. The second-order valence-corrected chi connectivity index (χ2v) is 5.45. The molecule has 1 heterocycles. The number of hydrogen-bond acceptors (Lipinski definition) is 2. The molecule has 2 rings (SSSR count). The van der Waals surface area contributed by atoms with Gasteiger partial charge in [0.1, 0.15) is 0 Å². The molecule has 2 aromatic rings. The number of hydrogen-bond donors (Lipinski definition) is 1. The van der Waals surface area contributed by atoms with E-state index in [2.05, 4.69) is 66.8 Å². The fourth-order valence-corrected chi connectivity index (χ4v) is 1.92. The number of aromatic nitrogens is 2. The summed E-state index contributed by atoms with van der Waals surface area (Å²) in [7, 11) is 0. The Morgan fingerprint density at radius 1 is 1.17 bits per heavy atom. The third kappa shape index (κ3) is 2.55. The molecular formula is C15H21N3. The van der Waals surface area contributed by atoms with E-state index in [0.29, 0.717) is 0 Å². The summed E-state index contributed by atoms with van der Waals surface area (Å²) in [6, 6.07) is 8.66. The first kappa shape index (κ1) is 12.7. The van der Waals surface area contributed by atoms with Crippen LogP contribution in [0.3, 0.4) is 0 Å². The lowest BCUT2D eigenvalue weighted by atomic mass is 9.87. The molecule has 0 unspecified atom stereocenters. The Hall–Kier alpha value is -1.77. The number of nitrogens with one attached hydrogen (secondary N) is 1. The SMILES string of the molecule is CCNc1nccn1-c1ccc(C(C)(C)C)cc1. The van der Waals surface area contributed by atoms with Gasteiger partial charge in [-0.05, 0) is 30.0 Å². The van der Waals surface area contributed by atoms with E-state index in [1.54, 1.807) is 0 Å². The molecule has 96 valence electrons. The molecule has 3 heteroatoms. The summed E-state index contributed by atoms with van der Waals surface area (Å²) in [5, 5.41) is 3.25. The Kier molecular flexibility index (Phi) is 3.41. The van der Waals surface area contributed by atoms with Crippen LogP contribution in [0.1, 0.15) is 33.3 Å². The van der Waals surface area contributed by atoms with Crippen LogP contribution in [0.5, 0.6) is 0 Å². The van der Waals surface area contributed by atoms with Crippen molar-refractivity contribution >= 4 is 5.95 Å². The molecular weight excluding hydrogens is 222 g/mol. The number of anilines is 1. The van der Waals surface area contributed by atoms with Crippen molar-refractivity contribution in [3.8, 4) is 5.69 Å². The molecule has 0 amide bonds. The fourth-order valence-electron chi connectivity index (χ4n) is 1.92. The van der Waals surface area contributed by atoms with Crippen LogP contribution in [0.4, 0.5) is 5.95 Å². The van der Waals surface area contributed by atoms with Crippen LogP contribution in [-0.2, 0) is 5.41 Å². The molecule has 0 saturated carbocycles. The molecule has 0 saturated heterocycles. The summed E-state index contributed by atoms with van der Waals surface area (Å²) in [6.45, 7) is 9.62. The van der Waals surface area contributed by atoms with E-state index in [4.69, 9.17) is 0 Å². The van der Waals surface area contributed by atoms with Gasteiger partial charge in [0.05, 0.1) is 0 Å². The molecule has 0 aliphatic rings. The van der Waals surface area contributed by atoms with Crippen LogP contribution in [-0.4, -0.2) is 16.1 Å². The summed E-state index contributed by atoms with van der Waals surface area (Å²) in [6.07, 6.45) is 3.79. The van der Waals surface area contributed by atoms with E-state index in [9.17, 15) is 0 Å². The minimum Gasteiger partial charge on any atom is -0.356 e. The van der Waals surface area contributed by atoms with E-state index in [1.165, 1.54) is 5.56 Å². The summed E-state index contributed by atoms with van der Waals surface area (Å²) in [5.74, 6) is 0.890. The zero-order valence-electron chi connectivity index (χ0n) is 11.6. The number of benzene rings is 1. The lowest BCUT2D eigenvalue weighted by Crippen LogP contribution is -2.11. The van der Waals surface area contributed by atoms with Crippen LogP contribution in [0.25, 0.3) is 5.69 Å². The molecule has 0 radical (unpaired) electrons. The van der Waals surface area contributed by atoms with Crippen LogP contribution in [0.15, 0.2) is 36.7 Å². The second kappa shape index (κ2) is 4.84. The van der Waals surface area contributed by atoms with Gasteiger partial charge in [-0.2, -0.15) is 0 Å². The molecule has 1 aromatic heterocycles. The van der Waals surface area contributed by atoms with Crippen LogP contribution in [0, 0.1) is 0 Å². The van der Waals surface area contributed by atoms with Gasteiger partial charge in [-0.3, -0.25) is 4.57 Å². The molecule has 18 heavy (non-hydrogen) atoms. The Morgan fingerprint density at radius 2 is 1.83 bits per heavy atom. The van der Waals surface area contributed by atoms with Crippen molar-refractivity contribution in [2.45, 2.75) is 33.1 Å². The minimum atomic E-state index is 0.192. The van der Waals surface area contributed by atoms with E-state index in [0.717, 1.165) is 18.2 Å². The normalized spacial score (nSPS) is 11.6. The second-order valence-electron chi connectivity index (χ2n) is 5.45. The predicted octanol–water partition coefficient (Wildman–Crippen LogP) is 3.60. The zero-order valence-corrected chi connectivity index (χ0v) is 11.6. The molecule has 0 atom stereocenters. The first-order valence-electron chi connectivity index (χ1n) is 6.40. The minimum absolute atomic E-state index is 0.192. The maximum Gasteiger partial charge on any atom is 0.207 e. The summed E-state index contributed by atoms with van der Waals surface area (Å²) < 4.78 is 2.07. The molecule has 0 aliphatic heterocycles. The number of imidazole rings is 1. The smallest absolute Gasteiger partial charge is 0.207 e. The highest BCUT2D eigenvalue weighted by Gasteiger charge is 2.13. The monoisotopic (exact) mass is 243 g/mol. The number of rotatable bonds is 3. The molecule has 0 aliphatic carbocycles. The van der Waals surface area contributed by atoms with Gasteiger partial charge in [-0.15, -0.1) is 0 Å². The zero-order chi connectivity index (χ0) is 13.2. The number of nitrogens with zero attached hydrogens (tertiary/aromatic N) is 2. The van der Waals surface area contributed by atoms with Crippen molar-refractivity contribution in [2.24, 2.45) is 0 Å². The highest BCUT2D eigenvalue weighted by atomic mass is 15.2. The molecule has 0 spiro atoms. The van der Waals surface area contributed by atoms with E-state index in [1.807, 2.05) is 12.4 Å². The van der Waals surface area contributed by atoms with Crippen molar-refractivity contribution in [3.05, 3.63) is 42.2 Å². The predicted molar refractivity (Wildman–Crippen MR) is 76.4 cm³/mol. The standard InChI is InChI=1S/C15H21N3/c1-5-16-14-17-10-11-18(14)13-8-6-12(7-9-13)15(2,3)4/h6-11H,5H2,1-4H3,(H,16,17). The lowest BCUT2D eigenvalue weighted by molar-refractivity contribution is 0.590. The maximum atomic E-state index is 4.31. The van der Waals surface area contributed by atoms with Crippen LogP contribution in [0.2, 0.25) is 0 Å². The molecule has 0 fully saturated rings. The van der Waals surface area contributed by atoms with Gasteiger partial charge in [0.15, 0.2) is 0 Å². The van der Waals surface area contributed by atoms with Gasteiger partial charge < -0.3 is 5.32 Å². The summed E-state index contributed by atoms with van der Waals surface area (Å²) >= 11 is 0. The van der Waals surface area contributed by atoms with Gasteiger partial charge in [0, 0.05) is 24.6 Å². The average molecular weight is 243 g/mol. The van der Waals surface area contributed by atoms with Crippen molar-refractivity contribution < 1.29 is 0 Å². The quantitative estimate of drug-likeness (QED) is 0.892. The average Bonchev–Trinajstić information content (AvgIpc) is 2.77. The highest BCUT2D eigenvalue weighted by Crippen LogP contribution is 2.24.